The van der Waals surface area contributed by atoms with Crippen LogP contribution in [0.15, 0.2) is 4.99 Å². The number of hydrogen-bond acceptors (Lipinski definition) is 7. The van der Waals surface area contributed by atoms with Gasteiger partial charge < -0.3 is 37.8 Å². The molecule has 3 amide bonds. The van der Waals surface area contributed by atoms with Crippen molar-refractivity contribution < 1.29 is 24.3 Å². The SMILES string of the molecule is CC(C)C(NC(=O)C1CCCN1C(=O)C(N)CCCN=C(N)N)C(=O)NC(CS)C(=O)O. The van der Waals surface area contributed by atoms with Gasteiger partial charge in [0.15, 0.2) is 5.96 Å². The van der Waals surface area contributed by atoms with Crippen molar-refractivity contribution in [3.05, 3.63) is 0 Å². The Morgan fingerprint density at radius 1 is 1.22 bits per heavy atom. The van der Waals surface area contributed by atoms with Gasteiger partial charge in [-0.25, -0.2) is 4.79 Å². The first-order chi connectivity index (χ1) is 15.0. The highest BCUT2D eigenvalue weighted by molar-refractivity contribution is 7.80. The molecule has 0 aromatic carbocycles. The average molecular weight is 474 g/mol. The van der Waals surface area contributed by atoms with Crippen LogP contribution >= 0.6 is 12.6 Å². The van der Waals surface area contributed by atoms with Crippen molar-refractivity contribution in [3.63, 3.8) is 0 Å². The Kier molecular flexibility index (Phi) is 11.3. The molecule has 1 aliphatic rings. The van der Waals surface area contributed by atoms with E-state index in [0.717, 1.165) is 0 Å². The largest absolute Gasteiger partial charge is 0.480 e. The van der Waals surface area contributed by atoms with Crippen molar-refractivity contribution in [2.24, 2.45) is 28.1 Å². The molecule has 1 rings (SSSR count). The molecule has 0 aliphatic carbocycles. The van der Waals surface area contributed by atoms with Crippen molar-refractivity contribution in [3.8, 4) is 0 Å². The number of nitrogens with zero attached hydrogens (tertiary/aromatic N) is 2. The normalized spacial score (nSPS) is 18.5. The number of thiol groups is 1. The zero-order chi connectivity index (χ0) is 24.4. The average Bonchev–Trinajstić information content (AvgIpc) is 3.21. The maximum Gasteiger partial charge on any atom is 0.327 e. The number of carboxylic acids is 1. The van der Waals surface area contributed by atoms with E-state index in [1.54, 1.807) is 13.8 Å². The molecule has 12 nitrogen and oxygen atoms in total. The van der Waals surface area contributed by atoms with Crippen molar-refractivity contribution >= 4 is 42.3 Å². The molecule has 0 aromatic rings. The molecule has 32 heavy (non-hydrogen) atoms. The molecular formula is C19H35N7O5S. The summed E-state index contributed by atoms with van der Waals surface area (Å²) in [6.07, 6.45) is 1.95. The summed E-state index contributed by atoms with van der Waals surface area (Å²) in [5.41, 5.74) is 16.5. The van der Waals surface area contributed by atoms with Gasteiger partial charge in [0, 0.05) is 18.8 Å². The monoisotopic (exact) mass is 473 g/mol. The van der Waals surface area contributed by atoms with Gasteiger partial charge in [-0.1, -0.05) is 13.8 Å². The lowest BCUT2D eigenvalue weighted by Crippen LogP contribution is -2.58. The predicted octanol–water partition coefficient (Wildman–Crippen LogP) is -2.00. The number of nitrogens with one attached hydrogen (secondary N) is 2. The third-order valence-corrected chi connectivity index (χ3v) is 5.53. The van der Waals surface area contributed by atoms with Gasteiger partial charge >= 0.3 is 5.97 Å². The second-order valence-corrected chi connectivity index (χ2v) is 8.42. The lowest BCUT2D eigenvalue weighted by Gasteiger charge is -2.29. The molecule has 4 unspecified atom stereocenters. The lowest BCUT2D eigenvalue weighted by atomic mass is 10.0. The number of aliphatic carboxylic acids is 1. The summed E-state index contributed by atoms with van der Waals surface area (Å²) in [5.74, 6) is -3.10. The topological polar surface area (TPSA) is 206 Å². The minimum atomic E-state index is -1.22. The van der Waals surface area contributed by atoms with Crippen LogP contribution in [-0.4, -0.2) is 82.7 Å². The Hall–Kier alpha value is -2.54. The van der Waals surface area contributed by atoms with Crippen LogP contribution in [0.25, 0.3) is 0 Å². The number of carbonyl (C=O) groups excluding carboxylic acids is 3. The van der Waals surface area contributed by atoms with Crippen molar-refractivity contribution in [1.29, 1.82) is 0 Å². The van der Waals surface area contributed by atoms with Gasteiger partial charge in [-0.2, -0.15) is 12.6 Å². The van der Waals surface area contributed by atoms with Crippen LogP contribution in [0.1, 0.15) is 39.5 Å². The van der Waals surface area contributed by atoms with E-state index in [2.05, 4.69) is 28.3 Å². The van der Waals surface area contributed by atoms with Gasteiger partial charge in [-0.3, -0.25) is 19.4 Å². The van der Waals surface area contributed by atoms with Gasteiger partial charge in [0.1, 0.15) is 18.1 Å². The number of aliphatic imine (C=N–C) groups is 1. The molecular weight excluding hydrogens is 438 g/mol. The zero-order valence-corrected chi connectivity index (χ0v) is 19.4. The molecule has 182 valence electrons. The fourth-order valence-corrected chi connectivity index (χ4v) is 3.64. The highest BCUT2D eigenvalue weighted by atomic mass is 32.1. The first-order valence-electron chi connectivity index (χ1n) is 10.5. The smallest absolute Gasteiger partial charge is 0.327 e. The van der Waals surface area contributed by atoms with Gasteiger partial charge in [-0.05, 0) is 31.6 Å². The van der Waals surface area contributed by atoms with Crippen molar-refractivity contribution in [2.75, 3.05) is 18.8 Å². The fraction of sp³-hybridized carbons (Fsp3) is 0.737. The zero-order valence-electron chi connectivity index (χ0n) is 18.5. The predicted molar refractivity (Wildman–Crippen MR) is 123 cm³/mol. The molecule has 1 aliphatic heterocycles. The third-order valence-electron chi connectivity index (χ3n) is 5.17. The number of carbonyl (C=O) groups is 4. The van der Waals surface area contributed by atoms with Gasteiger partial charge in [0.25, 0.3) is 0 Å². The van der Waals surface area contributed by atoms with E-state index in [1.807, 2.05) is 0 Å². The molecule has 1 saturated heterocycles. The third kappa shape index (κ3) is 8.19. The number of carboxylic acid groups (broad SMARTS) is 1. The van der Waals surface area contributed by atoms with E-state index >= 15 is 0 Å². The summed E-state index contributed by atoms with van der Waals surface area (Å²) in [5, 5.41) is 14.2. The fourth-order valence-electron chi connectivity index (χ4n) is 3.39. The Morgan fingerprint density at radius 2 is 1.88 bits per heavy atom. The van der Waals surface area contributed by atoms with Gasteiger partial charge in [0.05, 0.1) is 6.04 Å². The first-order valence-corrected chi connectivity index (χ1v) is 11.2. The quantitative estimate of drug-likeness (QED) is 0.0728. The Balaban J connectivity index is 2.77. The molecule has 0 aromatic heterocycles. The highest BCUT2D eigenvalue weighted by Gasteiger charge is 2.38. The molecule has 0 saturated carbocycles. The summed E-state index contributed by atoms with van der Waals surface area (Å²) in [4.78, 5) is 54.7. The number of guanidine groups is 1. The second-order valence-electron chi connectivity index (χ2n) is 8.06. The Morgan fingerprint density at radius 3 is 2.41 bits per heavy atom. The van der Waals surface area contributed by atoms with Crippen LogP contribution in [0, 0.1) is 5.92 Å². The number of rotatable bonds is 12. The number of likely N-dealkylation sites (tertiary alicyclic amines) is 1. The molecule has 9 N–H and O–H groups in total. The maximum absolute atomic E-state index is 12.9. The van der Waals surface area contributed by atoms with Crippen LogP contribution in [0.2, 0.25) is 0 Å². The van der Waals surface area contributed by atoms with Crippen molar-refractivity contribution in [2.45, 2.75) is 63.7 Å². The van der Waals surface area contributed by atoms with Crippen LogP contribution in [0.5, 0.6) is 0 Å². The summed E-state index contributed by atoms with van der Waals surface area (Å²) < 4.78 is 0. The molecule has 4 atom stereocenters. The van der Waals surface area contributed by atoms with Crippen LogP contribution in [0.3, 0.4) is 0 Å². The lowest BCUT2D eigenvalue weighted by molar-refractivity contribution is -0.143. The van der Waals surface area contributed by atoms with E-state index in [-0.39, 0.29) is 23.5 Å². The number of hydrogen-bond donors (Lipinski definition) is 7. The van der Waals surface area contributed by atoms with E-state index in [4.69, 9.17) is 22.3 Å². The molecule has 0 spiro atoms. The van der Waals surface area contributed by atoms with Gasteiger partial charge in [0.2, 0.25) is 17.7 Å². The number of amides is 3. The van der Waals surface area contributed by atoms with E-state index in [0.29, 0.717) is 38.8 Å². The minimum absolute atomic E-state index is 0.0334. The van der Waals surface area contributed by atoms with E-state index in [1.165, 1.54) is 4.90 Å². The standard InChI is InChI=1S/C19H35N7O5S/c1-10(2)14(16(28)24-12(9-32)18(30)31)25-15(27)13-6-4-8-26(13)17(29)11(20)5-3-7-23-19(21)22/h10-14,32H,3-9,20H2,1-2H3,(H,24,28)(H,25,27)(H,30,31)(H4,21,22,23). The first kappa shape index (κ1) is 27.5. The Bertz CT molecular complexity index is 714. The van der Waals surface area contributed by atoms with Gasteiger partial charge in [-0.15, -0.1) is 0 Å². The van der Waals surface area contributed by atoms with Crippen molar-refractivity contribution in [1.82, 2.24) is 15.5 Å². The maximum atomic E-state index is 12.9. The summed E-state index contributed by atoms with van der Waals surface area (Å²) >= 11 is 3.93. The van der Waals surface area contributed by atoms with Crippen LogP contribution in [0.4, 0.5) is 0 Å². The minimum Gasteiger partial charge on any atom is -0.480 e. The molecule has 13 heteroatoms. The van der Waals surface area contributed by atoms with Crippen LogP contribution in [-0.2, 0) is 19.2 Å². The molecule has 1 fully saturated rings. The second kappa shape index (κ2) is 13.1. The summed E-state index contributed by atoms with van der Waals surface area (Å²) in [6, 6.07) is -3.69. The van der Waals surface area contributed by atoms with E-state index < -0.39 is 42.0 Å². The van der Waals surface area contributed by atoms with Crippen LogP contribution < -0.4 is 27.8 Å². The summed E-state index contributed by atoms with van der Waals surface area (Å²) in [6.45, 7) is 4.19. The van der Waals surface area contributed by atoms with E-state index in [9.17, 15) is 19.2 Å². The number of nitrogens with two attached hydrogens (primary N) is 3. The summed E-state index contributed by atoms with van der Waals surface area (Å²) in [7, 11) is 0. The molecule has 1 heterocycles. The molecule has 0 bridgehead atoms. The molecule has 0 radical (unpaired) electrons. The Labute approximate surface area is 193 Å². The highest BCUT2D eigenvalue weighted by Crippen LogP contribution is 2.20.